The highest BCUT2D eigenvalue weighted by Gasteiger charge is 2.10. The molecule has 5 heteroatoms. The van der Waals surface area contributed by atoms with Gasteiger partial charge in [-0.3, -0.25) is 14.8 Å². The van der Waals surface area contributed by atoms with Crippen LogP contribution in [0.15, 0.2) is 53.4 Å². The Morgan fingerprint density at radius 1 is 1.24 bits per heavy atom. The zero-order valence-electron chi connectivity index (χ0n) is 11.3. The number of aryl methyl sites for hydroxylation is 1. The van der Waals surface area contributed by atoms with Crippen molar-refractivity contribution in [1.82, 2.24) is 9.97 Å². The summed E-state index contributed by atoms with van der Waals surface area (Å²) in [5.74, 6) is -0.196. The maximum absolute atomic E-state index is 12.3. The predicted octanol–water partition coefficient (Wildman–Crippen LogP) is 3.95. The number of hydrogen-bond donors (Lipinski definition) is 1. The van der Waals surface area contributed by atoms with Gasteiger partial charge in [-0.05, 0) is 40.5 Å². The Morgan fingerprint density at radius 2 is 2.10 bits per heavy atom. The summed E-state index contributed by atoms with van der Waals surface area (Å²) in [5, 5.41) is 3.84. The molecule has 0 radical (unpaired) electrons. The smallest absolute Gasteiger partial charge is 0.257 e. The van der Waals surface area contributed by atoms with Gasteiger partial charge in [-0.1, -0.05) is 18.2 Å². The minimum atomic E-state index is -0.196. The van der Waals surface area contributed by atoms with Crippen LogP contribution in [0.25, 0.3) is 10.9 Å². The number of carbonyl (C=O) groups is 1. The average molecular weight is 342 g/mol. The lowest BCUT2D eigenvalue weighted by molar-refractivity contribution is 0.102. The Morgan fingerprint density at radius 3 is 2.90 bits per heavy atom. The lowest BCUT2D eigenvalue weighted by atomic mass is 10.1. The van der Waals surface area contributed by atoms with E-state index in [-0.39, 0.29) is 5.91 Å². The third-order valence-corrected chi connectivity index (χ3v) is 3.62. The van der Waals surface area contributed by atoms with Crippen LogP contribution in [0.1, 0.15) is 15.9 Å². The van der Waals surface area contributed by atoms with Crippen molar-refractivity contribution < 1.29 is 4.79 Å². The van der Waals surface area contributed by atoms with Crippen molar-refractivity contribution in [3.8, 4) is 0 Å². The summed E-state index contributed by atoms with van der Waals surface area (Å²) in [6, 6.07) is 9.43. The second-order valence-electron chi connectivity index (χ2n) is 4.68. The van der Waals surface area contributed by atoms with Crippen molar-refractivity contribution >= 4 is 38.4 Å². The number of nitrogens with zero attached hydrogens (tertiary/aromatic N) is 2. The van der Waals surface area contributed by atoms with Crippen LogP contribution < -0.4 is 5.32 Å². The number of anilines is 1. The molecule has 0 fully saturated rings. The average Bonchev–Trinajstić information content (AvgIpc) is 2.48. The van der Waals surface area contributed by atoms with Crippen LogP contribution in [-0.2, 0) is 0 Å². The van der Waals surface area contributed by atoms with Gasteiger partial charge in [-0.2, -0.15) is 0 Å². The molecule has 3 rings (SSSR count). The molecule has 2 heterocycles. The number of rotatable bonds is 2. The number of nitrogens with one attached hydrogen (secondary N) is 1. The van der Waals surface area contributed by atoms with E-state index in [1.807, 2.05) is 25.1 Å². The molecule has 0 unspecified atom stereocenters. The molecule has 3 aromatic rings. The number of pyridine rings is 2. The Labute approximate surface area is 130 Å². The van der Waals surface area contributed by atoms with Crippen LogP contribution >= 0.6 is 15.9 Å². The van der Waals surface area contributed by atoms with E-state index in [2.05, 4.69) is 31.2 Å². The molecule has 1 amide bonds. The third kappa shape index (κ3) is 2.78. The SMILES string of the molecule is Cc1cccc2c(NC(=O)c3cncc(Br)c3)ccnc12. The number of carbonyl (C=O) groups excluding carboxylic acids is 1. The zero-order chi connectivity index (χ0) is 14.8. The summed E-state index contributed by atoms with van der Waals surface area (Å²) >= 11 is 3.31. The van der Waals surface area contributed by atoms with Gasteiger partial charge in [-0.25, -0.2) is 0 Å². The van der Waals surface area contributed by atoms with Gasteiger partial charge in [0.25, 0.3) is 5.91 Å². The lowest BCUT2D eigenvalue weighted by Crippen LogP contribution is -2.12. The maximum atomic E-state index is 12.3. The van der Waals surface area contributed by atoms with E-state index in [4.69, 9.17) is 0 Å². The van der Waals surface area contributed by atoms with Crippen LogP contribution in [-0.4, -0.2) is 15.9 Å². The largest absolute Gasteiger partial charge is 0.321 e. The number of halogens is 1. The van der Waals surface area contributed by atoms with E-state index < -0.39 is 0 Å². The van der Waals surface area contributed by atoms with Gasteiger partial charge in [-0.15, -0.1) is 0 Å². The van der Waals surface area contributed by atoms with Crippen LogP contribution in [0.4, 0.5) is 5.69 Å². The van der Waals surface area contributed by atoms with Gasteiger partial charge in [0.05, 0.1) is 16.8 Å². The Kier molecular flexibility index (Phi) is 3.66. The van der Waals surface area contributed by atoms with Crippen LogP contribution in [0.2, 0.25) is 0 Å². The second kappa shape index (κ2) is 5.61. The lowest BCUT2D eigenvalue weighted by Gasteiger charge is -2.09. The summed E-state index contributed by atoms with van der Waals surface area (Å²) in [5.41, 5.74) is 3.21. The quantitative estimate of drug-likeness (QED) is 0.767. The number of aromatic nitrogens is 2. The van der Waals surface area contributed by atoms with Crippen molar-refractivity contribution in [3.63, 3.8) is 0 Å². The molecule has 21 heavy (non-hydrogen) atoms. The van der Waals surface area contributed by atoms with E-state index in [1.54, 1.807) is 24.5 Å². The standard InChI is InChI=1S/C16H12BrN3O/c1-10-3-2-4-13-14(5-6-19-15(10)13)20-16(21)11-7-12(17)9-18-8-11/h2-9H,1H3,(H,19,20,21). The fourth-order valence-electron chi connectivity index (χ4n) is 2.16. The monoisotopic (exact) mass is 341 g/mol. The van der Waals surface area contributed by atoms with Gasteiger partial charge in [0.1, 0.15) is 0 Å². The molecule has 0 atom stereocenters. The van der Waals surface area contributed by atoms with Gasteiger partial charge in [0.2, 0.25) is 0 Å². The molecule has 0 spiro atoms. The first-order chi connectivity index (χ1) is 10.1. The fourth-order valence-corrected chi connectivity index (χ4v) is 2.53. The molecule has 0 bridgehead atoms. The van der Waals surface area contributed by atoms with Gasteiger partial charge in [0, 0.05) is 28.4 Å². The number of para-hydroxylation sites is 1. The molecular formula is C16H12BrN3O. The molecule has 0 aliphatic heterocycles. The van der Waals surface area contributed by atoms with Crippen molar-refractivity contribution in [2.45, 2.75) is 6.92 Å². The molecule has 4 nitrogen and oxygen atoms in total. The molecule has 104 valence electrons. The van der Waals surface area contributed by atoms with Crippen LogP contribution in [0.3, 0.4) is 0 Å². The van der Waals surface area contributed by atoms with Crippen LogP contribution in [0.5, 0.6) is 0 Å². The molecule has 1 aromatic carbocycles. The molecule has 0 aliphatic carbocycles. The summed E-state index contributed by atoms with van der Waals surface area (Å²) < 4.78 is 0.769. The maximum Gasteiger partial charge on any atom is 0.257 e. The van der Waals surface area contributed by atoms with E-state index in [0.29, 0.717) is 5.56 Å². The fraction of sp³-hybridized carbons (Fsp3) is 0.0625. The van der Waals surface area contributed by atoms with Crippen LogP contribution in [0, 0.1) is 6.92 Å². The highest BCUT2D eigenvalue weighted by Crippen LogP contribution is 2.24. The summed E-state index contributed by atoms with van der Waals surface area (Å²) in [6.45, 7) is 2.00. The minimum Gasteiger partial charge on any atom is -0.321 e. The summed E-state index contributed by atoms with van der Waals surface area (Å²) in [4.78, 5) is 20.7. The van der Waals surface area contributed by atoms with E-state index >= 15 is 0 Å². The van der Waals surface area contributed by atoms with E-state index in [0.717, 1.165) is 26.6 Å². The van der Waals surface area contributed by atoms with Crippen molar-refractivity contribution in [2.75, 3.05) is 5.32 Å². The molecule has 2 aromatic heterocycles. The molecule has 0 saturated carbocycles. The Hall–Kier alpha value is -2.27. The molecule has 0 aliphatic rings. The van der Waals surface area contributed by atoms with Gasteiger partial charge >= 0.3 is 0 Å². The van der Waals surface area contributed by atoms with Crippen molar-refractivity contribution in [3.05, 3.63) is 64.5 Å². The number of amides is 1. The zero-order valence-corrected chi connectivity index (χ0v) is 12.9. The van der Waals surface area contributed by atoms with Gasteiger partial charge in [0.15, 0.2) is 0 Å². The third-order valence-electron chi connectivity index (χ3n) is 3.19. The van der Waals surface area contributed by atoms with Crippen molar-refractivity contribution in [1.29, 1.82) is 0 Å². The first-order valence-electron chi connectivity index (χ1n) is 6.41. The van der Waals surface area contributed by atoms with E-state index in [9.17, 15) is 4.79 Å². The topological polar surface area (TPSA) is 54.9 Å². The normalized spacial score (nSPS) is 10.6. The predicted molar refractivity (Wildman–Crippen MR) is 86.4 cm³/mol. The first-order valence-corrected chi connectivity index (χ1v) is 7.21. The second-order valence-corrected chi connectivity index (χ2v) is 5.59. The Bertz CT molecular complexity index is 833. The molecular weight excluding hydrogens is 330 g/mol. The number of fused-ring (bicyclic) bond motifs is 1. The van der Waals surface area contributed by atoms with Crippen molar-refractivity contribution in [2.24, 2.45) is 0 Å². The van der Waals surface area contributed by atoms with Gasteiger partial charge < -0.3 is 5.32 Å². The Balaban J connectivity index is 1.99. The molecule has 1 N–H and O–H groups in total. The van der Waals surface area contributed by atoms with E-state index in [1.165, 1.54) is 6.20 Å². The highest BCUT2D eigenvalue weighted by atomic mass is 79.9. The number of hydrogen-bond acceptors (Lipinski definition) is 3. The first kappa shape index (κ1) is 13.7. The minimum absolute atomic E-state index is 0.196. The summed E-state index contributed by atoms with van der Waals surface area (Å²) in [7, 11) is 0. The highest BCUT2D eigenvalue weighted by molar-refractivity contribution is 9.10. The summed E-state index contributed by atoms with van der Waals surface area (Å²) in [6.07, 6.45) is 4.88. The molecule has 0 saturated heterocycles. The number of benzene rings is 1.